The molecule has 1 aromatic rings. The van der Waals surface area contributed by atoms with E-state index in [4.69, 9.17) is 5.11 Å². The summed E-state index contributed by atoms with van der Waals surface area (Å²) >= 11 is 3.20. The van der Waals surface area contributed by atoms with Crippen LogP contribution in [0, 0.1) is 6.92 Å². The van der Waals surface area contributed by atoms with Crippen molar-refractivity contribution in [1.29, 1.82) is 0 Å². The molecule has 1 saturated heterocycles. The fourth-order valence-electron chi connectivity index (χ4n) is 1.77. The van der Waals surface area contributed by atoms with Crippen molar-refractivity contribution in [3.8, 4) is 0 Å². The second-order valence-electron chi connectivity index (χ2n) is 3.86. The molecule has 0 aromatic carbocycles. The fraction of sp³-hybridized carbons (Fsp3) is 0.455. The van der Waals surface area contributed by atoms with Crippen LogP contribution >= 0.6 is 23.1 Å². The summed E-state index contributed by atoms with van der Waals surface area (Å²) in [6, 6.07) is 2.03. The third kappa shape index (κ3) is 2.63. The lowest BCUT2D eigenvalue weighted by molar-refractivity contribution is -0.138. The Bertz CT molecular complexity index is 444. The van der Waals surface area contributed by atoms with E-state index in [-0.39, 0.29) is 17.7 Å². The molecule has 0 spiro atoms. The maximum Gasteiger partial charge on any atom is 0.305 e. The molecule has 1 unspecified atom stereocenters. The lowest BCUT2D eigenvalue weighted by atomic mass is 10.2. The minimum Gasteiger partial charge on any atom is -0.481 e. The smallest absolute Gasteiger partial charge is 0.305 e. The number of carbonyl (C=O) groups is 2. The molecule has 2 heterocycles. The number of aryl methyl sites for hydroxylation is 1. The molecule has 92 valence electrons. The summed E-state index contributed by atoms with van der Waals surface area (Å²) in [6.45, 7) is 2.31. The molecule has 0 radical (unpaired) electrons. The van der Waals surface area contributed by atoms with Crippen LogP contribution < -0.4 is 0 Å². The predicted molar refractivity (Wildman–Crippen MR) is 68.2 cm³/mol. The standard InChI is InChI=1S/C11H13NO3S2/c1-7-3-5-16-10(7)11-12(4-2-9(14)15)8(13)6-17-11/h3,5,11H,2,4,6H2,1H3,(H,14,15). The van der Waals surface area contributed by atoms with Crippen LogP contribution in [-0.2, 0) is 9.59 Å². The van der Waals surface area contributed by atoms with Crippen LogP contribution in [0.1, 0.15) is 22.2 Å². The number of nitrogens with zero attached hydrogens (tertiary/aromatic N) is 1. The molecule has 1 atom stereocenters. The van der Waals surface area contributed by atoms with Gasteiger partial charge in [0.25, 0.3) is 0 Å². The number of aliphatic carboxylic acids is 1. The van der Waals surface area contributed by atoms with E-state index in [0.717, 1.165) is 4.88 Å². The van der Waals surface area contributed by atoms with Crippen molar-refractivity contribution in [3.63, 3.8) is 0 Å². The van der Waals surface area contributed by atoms with Gasteiger partial charge in [0, 0.05) is 11.4 Å². The Morgan fingerprint density at radius 1 is 1.65 bits per heavy atom. The highest BCUT2D eigenvalue weighted by molar-refractivity contribution is 8.00. The first-order valence-corrected chi connectivity index (χ1v) is 7.19. The molecule has 0 aliphatic carbocycles. The highest BCUT2D eigenvalue weighted by Gasteiger charge is 2.34. The predicted octanol–water partition coefficient (Wildman–Crippen LogP) is 2.11. The quantitative estimate of drug-likeness (QED) is 0.911. The zero-order chi connectivity index (χ0) is 12.4. The Balaban J connectivity index is 2.14. The molecule has 1 aliphatic heterocycles. The van der Waals surface area contributed by atoms with Gasteiger partial charge in [-0.3, -0.25) is 9.59 Å². The number of carbonyl (C=O) groups excluding carboxylic acids is 1. The number of thioether (sulfide) groups is 1. The van der Waals surface area contributed by atoms with Crippen molar-refractivity contribution in [3.05, 3.63) is 21.9 Å². The van der Waals surface area contributed by atoms with E-state index in [0.29, 0.717) is 12.3 Å². The molecule has 0 bridgehead atoms. The molecule has 1 N–H and O–H groups in total. The van der Waals surface area contributed by atoms with Gasteiger partial charge in [0.2, 0.25) is 5.91 Å². The van der Waals surface area contributed by atoms with Crippen LogP contribution in [0.3, 0.4) is 0 Å². The highest BCUT2D eigenvalue weighted by Crippen LogP contribution is 2.42. The molecule has 0 saturated carbocycles. The third-order valence-electron chi connectivity index (χ3n) is 2.66. The van der Waals surface area contributed by atoms with Crippen LogP contribution in [0.15, 0.2) is 11.4 Å². The van der Waals surface area contributed by atoms with Gasteiger partial charge in [0.1, 0.15) is 5.37 Å². The average Bonchev–Trinajstić information content (AvgIpc) is 2.82. The largest absolute Gasteiger partial charge is 0.481 e. The highest BCUT2D eigenvalue weighted by atomic mass is 32.2. The number of hydrogen-bond donors (Lipinski definition) is 1. The summed E-state index contributed by atoms with van der Waals surface area (Å²) in [5.41, 5.74) is 1.17. The van der Waals surface area contributed by atoms with Crippen molar-refractivity contribution >= 4 is 35.0 Å². The van der Waals surface area contributed by atoms with Gasteiger partial charge in [-0.15, -0.1) is 23.1 Å². The van der Waals surface area contributed by atoms with Crippen molar-refractivity contribution in [2.75, 3.05) is 12.3 Å². The van der Waals surface area contributed by atoms with E-state index in [1.165, 1.54) is 5.56 Å². The van der Waals surface area contributed by atoms with Crippen LogP contribution in [-0.4, -0.2) is 34.2 Å². The van der Waals surface area contributed by atoms with Crippen molar-refractivity contribution < 1.29 is 14.7 Å². The van der Waals surface area contributed by atoms with Gasteiger partial charge >= 0.3 is 5.97 Å². The molecular weight excluding hydrogens is 258 g/mol. The molecule has 4 nitrogen and oxygen atoms in total. The van der Waals surface area contributed by atoms with Gasteiger partial charge in [-0.2, -0.15) is 0 Å². The Hall–Kier alpha value is -1.01. The van der Waals surface area contributed by atoms with E-state index in [9.17, 15) is 9.59 Å². The molecular formula is C11H13NO3S2. The van der Waals surface area contributed by atoms with Crippen LogP contribution in [0.25, 0.3) is 0 Å². The van der Waals surface area contributed by atoms with Gasteiger partial charge in [-0.25, -0.2) is 0 Å². The Kier molecular flexibility index (Phi) is 3.73. The third-order valence-corrected chi connectivity index (χ3v) is 5.10. The van der Waals surface area contributed by atoms with Gasteiger partial charge < -0.3 is 10.0 Å². The first-order chi connectivity index (χ1) is 8.09. The monoisotopic (exact) mass is 271 g/mol. The number of carboxylic acids is 1. The van der Waals surface area contributed by atoms with E-state index < -0.39 is 5.97 Å². The number of carboxylic acid groups (broad SMARTS) is 1. The lowest BCUT2D eigenvalue weighted by Crippen LogP contribution is -2.30. The SMILES string of the molecule is Cc1ccsc1C1SCC(=O)N1CCC(=O)O. The van der Waals surface area contributed by atoms with Crippen LogP contribution in [0.2, 0.25) is 0 Å². The summed E-state index contributed by atoms with van der Waals surface area (Å²) in [4.78, 5) is 25.1. The Labute approximate surface area is 108 Å². The second-order valence-corrected chi connectivity index (χ2v) is 5.88. The molecule has 6 heteroatoms. The maximum atomic E-state index is 11.7. The number of amides is 1. The number of thiophene rings is 1. The first kappa shape index (κ1) is 12.4. The van der Waals surface area contributed by atoms with Gasteiger partial charge in [-0.1, -0.05) is 0 Å². The minimum atomic E-state index is -0.864. The van der Waals surface area contributed by atoms with Crippen molar-refractivity contribution in [2.24, 2.45) is 0 Å². The zero-order valence-corrected chi connectivity index (χ0v) is 11.0. The zero-order valence-electron chi connectivity index (χ0n) is 9.38. The number of hydrogen-bond acceptors (Lipinski definition) is 4. The maximum absolute atomic E-state index is 11.7. The van der Waals surface area contributed by atoms with E-state index in [2.05, 4.69) is 0 Å². The fourth-order valence-corrected chi connectivity index (χ4v) is 4.26. The summed E-state index contributed by atoms with van der Waals surface area (Å²) in [6.07, 6.45) is 0.00717. The van der Waals surface area contributed by atoms with E-state index >= 15 is 0 Å². The molecule has 2 rings (SSSR count). The average molecular weight is 271 g/mol. The minimum absolute atomic E-state index is 0.00171. The summed E-state index contributed by atoms with van der Waals surface area (Å²) in [7, 11) is 0. The second kappa shape index (κ2) is 5.10. The summed E-state index contributed by atoms with van der Waals surface area (Å²) < 4.78 is 0. The van der Waals surface area contributed by atoms with Crippen molar-refractivity contribution in [1.82, 2.24) is 4.90 Å². The lowest BCUT2D eigenvalue weighted by Gasteiger charge is -2.22. The van der Waals surface area contributed by atoms with Gasteiger partial charge in [0.15, 0.2) is 0 Å². The molecule has 1 amide bonds. The molecule has 17 heavy (non-hydrogen) atoms. The van der Waals surface area contributed by atoms with Gasteiger partial charge in [-0.05, 0) is 23.9 Å². The van der Waals surface area contributed by atoms with Crippen molar-refractivity contribution in [2.45, 2.75) is 18.7 Å². The topological polar surface area (TPSA) is 57.6 Å². The molecule has 1 aliphatic rings. The Morgan fingerprint density at radius 2 is 2.41 bits per heavy atom. The van der Waals surface area contributed by atoms with Crippen LogP contribution in [0.4, 0.5) is 0 Å². The summed E-state index contributed by atoms with van der Waals surface area (Å²) in [5.74, 6) is -0.382. The number of rotatable bonds is 4. The van der Waals surface area contributed by atoms with E-state index in [1.807, 2.05) is 18.4 Å². The Morgan fingerprint density at radius 3 is 3.00 bits per heavy atom. The normalized spacial score (nSPS) is 19.9. The molecule has 1 aromatic heterocycles. The van der Waals surface area contributed by atoms with E-state index in [1.54, 1.807) is 28.0 Å². The first-order valence-electron chi connectivity index (χ1n) is 5.26. The molecule has 1 fully saturated rings. The van der Waals surface area contributed by atoms with Gasteiger partial charge in [0.05, 0.1) is 12.2 Å². The summed E-state index contributed by atoms with van der Waals surface area (Å²) in [5, 5.41) is 10.7. The van der Waals surface area contributed by atoms with Crippen LogP contribution in [0.5, 0.6) is 0 Å².